The maximum atomic E-state index is 13.4. The van der Waals surface area contributed by atoms with E-state index in [1.165, 1.54) is 17.3 Å². The number of thioether (sulfide) groups is 1. The summed E-state index contributed by atoms with van der Waals surface area (Å²) in [5.41, 5.74) is 3.84. The van der Waals surface area contributed by atoms with Crippen LogP contribution in [0.4, 0.5) is 0 Å². The van der Waals surface area contributed by atoms with Gasteiger partial charge in [-0.2, -0.15) is 5.10 Å². The number of methoxy groups -OCH3 is 3. The molecule has 0 N–H and O–H groups in total. The Morgan fingerprint density at radius 1 is 0.971 bits per heavy atom. The summed E-state index contributed by atoms with van der Waals surface area (Å²) in [6.07, 6.45) is 0.566. The van der Waals surface area contributed by atoms with Gasteiger partial charge in [0.1, 0.15) is 5.75 Å². The van der Waals surface area contributed by atoms with E-state index in [1.807, 2.05) is 73.7 Å². The first-order valence-electron chi connectivity index (χ1n) is 11.0. The van der Waals surface area contributed by atoms with Gasteiger partial charge >= 0.3 is 0 Å². The number of hydrazone groups is 1. The van der Waals surface area contributed by atoms with Gasteiger partial charge in [0.25, 0.3) is 5.91 Å². The number of para-hydroxylation sites is 1. The fourth-order valence-electron chi connectivity index (χ4n) is 3.96. The van der Waals surface area contributed by atoms with Crippen molar-refractivity contribution < 1.29 is 19.0 Å². The molecule has 0 aromatic heterocycles. The maximum Gasteiger partial charge on any atom is 0.253 e. The van der Waals surface area contributed by atoms with Gasteiger partial charge in [-0.3, -0.25) is 4.79 Å². The van der Waals surface area contributed by atoms with E-state index in [0.29, 0.717) is 17.9 Å². The molecule has 0 saturated heterocycles. The zero-order valence-corrected chi connectivity index (χ0v) is 20.6. The lowest BCUT2D eigenvalue weighted by Gasteiger charge is -2.24. The number of rotatable bonds is 8. The Hall–Kier alpha value is -3.45. The van der Waals surface area contributed by atoms with Crippen LogP contribution in [-0.2, 0) is 4.79 Å². The van der Waals surface area contributed by atoms with Crippen LogP contribution < -0.4 is 14.2 Å². The minimum Gasteiger partial charge on any atom is -0.497 e. The summed E-state index contributed by atoms with van der Waals surface area (Å²) in [5.74, 6) is 2.23. The Bertz CT molecular complexity index is 1180. The molecule has 1 aliphatic rings. The number of carbonyl (C=O) groups excluding carboxylic acids is 1. The summed E-state index contributed by atoms with van der Waals surface area (Å²) in [6, 6.07) is 21.3. The first-order chi connectivity index (χ1) is 16.5. The quantitative estimate of drug-likeness (QED) is 0.402. The Kier molecular flexibility index (Phi) is 7.43. The first-order valence-corrected chi connectivity index (χ1v) is 12.0. The highest BCUT2D eigenvalue weighted by atomic mass is 32.2. The number of carbonyl (C=O) groups is 1. The third kappa shape index (κ3) is 5.04. The second kappa shape index (κ2) is 10.7. The van der Waals surface area contributed by atoms with Gasteiger partial charge in [0.05, 0.1) is 38.8 Å². The molecule has 3 aromatic carbocycles. The Morgan fingerprint density at radius 3 is 2.35 bits per heavy atom. The van der Waals surface area contributed by atoms with E-state index < -0.39 is 0 Å². The van der Waals surface area contributed by atoms with E-state index in [4.69, 9.17) is 19.3 Å². The summed E-state index contributed by atoms with van der Waals surface area (Å²) in [4.78, 5) is 14.5. The van der Waals surface area contributed by atoms with Gasteiger partial charge in [-0.1, -0.05) is 29.8 Å². The third-order valence-electron chi connectivity index (χ3n) is 5.76. The van der Waals surface area contributed by atoms with Crippen molar-refractivity contribution in [1.29, 1.82) is 0 Å². The van der Waals surface area contributed by atoms with Crippen LogP contribution in [-0.4, -0.2) is 43.7 Å². The van der Waals surface area contributed by atoms with Gasteiger partial charge in [0.15, 0.2) is 11.5 Å². The van der Waals surface area contributed by atoms with Gasteiger partial charge in [0, 0.05) is 16.9 Å². The fourth-order valence-corrected chi connectivity index (χ4v) is 4.71. The summed E-state index contributed by atoms with van der Waals surface area (Å²) in [7, 11) is 4.86. The number of hydrogen-bond donors (Lipinski definition) is 0. The number of hydrogen-bond acceptors (Lipinski definition) is 6. The molecule has 176 valence electrons. The second-order valence-corrected chi connectivity index (χ2v) is 8.97. The average Bonchev–Trinajstić information content (AvgIpc) is 3.33. The lowest BCUT2D eigenvalue weighted by atomic mass is 9.97. The Morgan fingerprint density at radius 2 is 1.71 bits per heavy atom. The van der Waals surface area contributed by atoms with Crippen molar-refractivity contribution in [3.8, 4) is 17.2 Å². The van der Waals surface area contributed by atoms with Crippen molar-refractivity contribution in [3.05, 3.63) is 83.4 Å². The molecule has 1 atom stereocenters. The van der Waals surface area contributed by atoms with E-state index in [-0.39, 0.29) is 17.7 Å². The summed E-state index contributed by atoms with van der Waals surface area (Å²) < 4.78 is 16.5. The topological polar surface area (TPSA) is 60.4 Å². The molecule has 1 aliphatic heterocycles. The molecule has 0 saturated carbocycles. The van der Waals surface area contributed by atoms with Crippen LogP contribution in [0.5, 0.6) is 17.2 Å². The fraction of sp³-hybridized carbons (Fsp3) is 0.259. The number of aryl methyl sites for hydroxylation is 1. The molecule has 1 unspecified atom stereocenters. The lowest BCUT2D eigenvalue weighted by molar-refractivity contribution is -0.130. The SMILES string of the molecule is COc1ccc(C2=NN(C(=O)CSc3ccc(C)cc3)C(c3cccc(OC)c3OC)C2)cc1. The van der Waals surface area contributed by atoms with Crippen LogP contribution in [0.2, 0.25) is 0 Å². The lowest BCUT2D eigenvalue weighted by Crippen LogP contribution is -2.28. The number of ether oxygens (including phenoxy) is 3. The minimum atomic E-state index is -0.298. The highest BCUT2D eigenvalue weighted by molar-refractivity contribution is 8.00. The van der Waals surface area contributed by atoms with Crippen molar-refractivity contribution in [2.24, 2.45) is 5.10 Å². The van der Waals surface area contributed by atoms with Crippen molar-refractivity contribution in [2.45, 2.75) is 24.3 Å². The van der Waals surface area contributed by atoms with E-state index >= 15 is 0 Å². The van der Waals surface area contributed by atoms with E-state index in [1.54, 1.807) is 26.3 Å². The molecule has 0 fully saturated rings. The standard InChI is InChI=1S/C27H28N2O4S/c1-18-8-14-21(15-9-18)34-17-26(30)29-24(22-6-5-7-25(32-3)27(22)33-4)16-23(28-29)19-10-12-20(31-2)13-11-19/h5-15,24H,16-17H2,1-4H3. The van der Waals surface area contributed by atoms with Gasteiger partial charge in [-0.15, -0.1) is 11.8 Å². The largest absolute Gasteiger partial charge is 0.497 e. The molecule has 6 nitrogen and oxygen atoms in total. The zero-order chi connectivity index (χ0) is 24.1. The van der Waals surface area contributed by atoms with E-state index in [2.05, 4.69) is 0 Å². The van der Waals surface area contributed by atoms with Crippen molar-refractivity contribution in [1.82, 2.24) is 5.01 Å². The highest BCUT2D eigenvalue weighted by Gasteiger charge is 2.35. The van der Waals surface area contributed by atoms with Crippen molar-refractivity contribution in [3.63, 3.8) is 0 Å². The van der Waals surface area contributed by atoms with Crippen LogP contribution in [0.3, 0.4) is 0 Å². The monoisotopic (exact) mass is 476 g/mol. The van der Waals surface area contributed by atoms with Crippen LogP contribution in [0.15, 0.2) is 76.7 Å². The Labute approximate surface area is 204 Å². The molecule has 1 heterocycles. The molecule has 0 radical (unpaired) electrons. The van der Waals surface area contributed by atoms with Crippen molar-refractivity contribution in [2.75, 3.05) is 27.1 Å². The highest BCUT2D eigenvalue weighted by Crippen LogP contribution is 2.42. The predicted molar refractivity (Wildman–Crippen MR) is 135 cm³/mol. The van der Waals surface area contributed by atoms with Gasteiger partial charge in [0.2, 0.25) is 0 Å². The van der Waals surface area contributed by atoms with Crippen LogP contribution in [0.1, 0.15) is 29.2 Å². The molecule has 0 spiro atoms. The average molecular weight is 477 g/mol. The van der Waals surface area contributed by atoms with Crippen LogP contribution in [0, 0.1) is 6.92 Å². The third-order valence-corrected chi connectivity index (χ3v) is 6.76. The molecule has 34 heavy (non-hydrogen) atoms. The van der Waals surface area contributed by atoms with Crippen molar-refractivity contribution >= 4 is 23.4 Å². The molecule has 0 aliphatic carbocycles. The van der Waals surface area contributed by atoms with Gasteiger partial charge in [-0.25, -0.2) is 5.01 Å². The zero-order valence-electron chi connectivity index (χ0n) is 19.8. The number of benzene rings is 3. The van der Waals surface area contributed by atoms with E-state index in [9.17, 15) is 4.79 Å². The molecule has 1 amide bonds. The van der Waals surface area contributed by atoms with Gasteiger partial charge in [-0.05, 0) is 55.0 Å². The second-order valence-electron chi connectivity index (χ2n) is 7.92. The molecular formula is C27H28N2O4S. The number of amides is 1. The summed E-state index contributed by atoms with van der Waals surface area (Å²) in [6.45, 7) is 2.05. The van der Waals surface area contributed by atoms with Gasteiger partial charge < -0.3 is 14.2 Å². The van der Waals surface area contributed by atoms with Crippen LogP contribution in [0.25, 0.3) is 0 Å². The predicted octanol–water partition coefficient (Wildman–Crippen LogP) is 5.49. The molecule has 3 aromatic rings. The van der Waals surface area contributed by atoms with Crippen LogP contribution >= 0.6 is 11.8 Å². The first kappa shape index (κ1) is 23.7. The normalized spacial score (nSPS) is 15.1. The maximum absolute atomic E-state index is 13.4. The smallest absolute Gasteiger partial charge is 0.253 e. The Balaban J connectivity index is 1.65. The number of nitrogens with zero attached hydrogens (tertiary/aromatic N) is 2. The van der Waals surface area contributed by atoms with E-state index in [0.717, 1.165) is 27.5 Å². The molecule has 7 heteroatoms. The molecule has 4 rings (SSSR count). The summed E-state index contributed by atoms with van der Waals surface area (Å²) >= 11 is 1.51. The minimum absolute atomic E-state index is 0.0658. The summed E-state index contributed by atoms with van der Waals surface area (Å²) in [5, 5.41) is 6.37. The molecular weight excluding hydrogens is 448 g/mol. The molecule has 0 bridgehead atoms.